The number of rotatable bonds is 10. The van der Waals surface area contributed by atoms with Crippen LogP contribution in [0.2, 0.25) is 0 Å². The molecular formula is C37H39F2N5O6. The maximum absolute atomic E-state index is 13.8. The molecule has 1 spiro atoms. The van der Waals surface area contributed by atoms with E-state index in [0.717, 1.165) is 49.4 Å². The number of pyridine rings is 1. The Morgan fingerprint density at radius 3 is 2.42 bits per heavy atom. The van der Waals surface area contributed by atoms with Crippen LogP contribution < -0.4 is 25.2 Å². The molecule has 0 bridgehead atoms. The Morgan fingerprint density at radius 1 is 1.02 bits per heavy atom. The van der Waals surface area contributed by atoms with Crippen LogP contribution in [0.3, 0.4) is 0 Å². The van der Waals surface area contributed by atoms with Gasteiger partial charge in [0.05, 0.1) is 25.3 Å². The largest absolute Gasteiger partial charge is 0.496 e. The fourth-order valence-corrected chi connectivity index (χ4v) is 7.88. The molecule has 1 atom stereocenters. The number of hydrogen-bond acceptors (Lipinski definition) is 8. The average molecular weight is 688 g/mol. The number of benzene rings is 2. The molecule has 7 rings (SSSR count). The molecule has 0 aliphatic carbocycles. The summed E-state index contributed by atoms with van der Waals surface area (Å²) >= 11 is 0. The van der Waals surface area contributed by atoms with Gasteiger partial charge in [0.25, 0.3) is 17.9 Å². The predicted octanol–water partition coefficient (Wildman–Crippen LogP) is 4.13. The van der Waals surface area contributed by atoms with E-state index >= 15 is 0 Å². The second-order valence-electron chi connectivity index (χ2n) is 13.6. The normalized spacial score (nSPS) is 19.9. The van der Waals surface area contributed by atoms with Gasteiger partial charge in [0.1, 0.15) is 17.5 Å². The third-order valence-corrected chi connectivity index (χ3v) is 10.4. The first kappa shape index (κ1) is 33.5. The van der Waals surface area contributed by atoms with Gasteiger partial charge in [-0.25, -0.2) is 8.78 Å². The molecule has 0 saturated carbocycles. The molecule has 13 heteroatoms. The number of piperidine rings is 1. The molecule has 4 aliphatic rings. The number of carbonyl (C=O) groups excluding carboxylic acids is 3. The molecule has 5 heterocycles. The van der Waals surface area contributed by atoms with Crippen LogP contribution in [0.5, 0.6) is 11.5 Å². The third kappa shape index (κ3) is 5.93. The zero-order chi connectivity index (χ0) is 35.3. The number of fused-ring (bicyclic) bond motifs is 1. The number of halogens is 2. The topological polar surface area (TPSA) is 113 Å². The maximum Gasteiger partial charge on any atom is 0.269 e. The number of alkyl halides is 2. The summed E-state index contributed by atoms with van der Waals surface area (Å²) in [6, 6.07) is 10.1. The Morgan fingerprint density at radius 2 is 1.76 bits per heavy atom. The number of hydrogen-bond donors (Lipinski definition) is 1. The van der Waals surface area contributed by atoms with Crippen LogP contribution in [0.4, 0.5) is 14.5 Å². The molecule has 3 fully saturated rings. The minimum atomic E-state index is -2.92. The summed E-state index contributed by atoms with van der Waals surface area (Å²) in [7, 11) is 3.12. The minimum Gasteiger partial charge on any atom is -0.496 e. The number of nitrogens with one attached hydrogen (secondary N) is 1. The number of methoxy groups -OCH3 is 2. The van der Waals surface area contributed by atoms with Gasteiger partial charge in [-0.2, -0.15) is 0 Å². The highest BCUT2D eigenvalue weighted by Crippen LogP contribution is 2.45. The van der Waals surface area contributed by atoms with Crippen molar-refractivity contribution in [3.8, 4) is 22.6 Å². The summed E-state index contributed by atoms with van der Waals surface area (Å²) < 4.78 is 40.4. The zero-order valence-corrected chi connectivity index (χ0v) is 28.0. The average Bonchev–Trinajstić information content (AvgIpc) is 3.66. The zero-order valence-electron chi connectivity index (χ0n) is 28.0. The lowest BCUT2D eigenvalue weighted by atomic mass is 9.78. The predicted molar refractivity (Wildman–Crippen MR) is 181 cm³/mol. The number of aromatic nitrogens is 1. The smallest absolute Gasteiger partial charge is 0.269 e. The Hall–Kier alpha value is -5.04. The van der Waals surface area contributed by atoms with Gasteiger partial charge >= 0.3 is 0 Å². The minimum absolute atomic E-state index is 0.0900. The lowest BCUT2D eigenvalue weighted by molar-refractivity contribution is -0.136. The van der Waals surface area contributed by atoms with Crippen LogP contribution in [0.15, 0.2) is 60.0 Å². The first-order valence-electron chi connectivity index (χ1n) is 16.7. The molecule has 3 amide bonds. The van der Waals surface area contributed by atoms with E-state index in [1.54, 1.807) is 37.4 Å². The molecule has 4 aliphatic heterocycles. The number of ether oxygens (including phenoxy) is 2. The number of carbonyl (C=O) groups is 3. The first-order valence-corrected chi connectivity index (χ1v) is 16.7. The monoisotopic (exact) mass is 687 g/mol. The first-order chi connectivity index (χ1) is 24.0. The quantitative estimate of drug-likeness (QED) is 0.250. The highest BCUT2D eigenvalue weighted by atomic mass is 19.3. The van der Waals surface area contributed by atoms with Crippen molar-refractivity contribution < 1.29 is 32.6 Å². The summed E-state index contributed by atoms with van der Waals surface area (Å²) in [6.07, 6.45) is 1.66. The SMILES string of the molecule is C=CCn1cc(-c2cc(OC)c(CN3CCC4(C3)CN(c3ccc5c(c3)C(=O)N(C3CCC(=O)NC3=O)C5)C4)c(OC)c2)cc(C(F)F)c1=O. The maximum atomic E-state index is 13.8. The Bertz CT molecular complexity index is 1930. The van der Waals surface area contributed by atoms with Crippen molar-refractivity contribution in [3.05, 3.63) is 87.9 Å². The van der Waals surface area contributed by atoms with Crippen LogP contribution in [0.1, 0.15) is 52.7 Å². The summed E-state index contributed by atoms with van der Waals surface area (Å²) in [5.74, 6) is 0.217. The molecule has 11 nitrogen and oxygen atoms in total. The van der Waals surface area contributed by atoms with Gasteiger partial charge in [-0.15, -0.1) is 6.58 Å². The van der Waals surface area contributed by atoms with E-state index in [0.29, 0.717) is 47.7 Å². The van der Waals surface area contributed by atoms with Crippen LogP contribution in [-0.4, -0.2) is 78.5 Å². The van der Waals surface area contributed by atoms with Gasteiger partial charge in [0.2, 0.25) is 11.8 Å². The highest BCUT2D eigenvalue weighted by Gasteiger charge is 2.48. The Balaban J connectivity index is 1.04. The fraction of sp³-hybridized carbons (Fsp3) is 0.405. The summed E-state index contributed by atoms with van der Waals surface area (Å²) in [5.41, 5.74) is 3.09. The Kier molecular flexibility index (Phi) is 8.71. The second-order valence-corrected chi connectivity index (χ2v) is 13.6. The van der Waals surface area contributed by atoms with Crippen LogP contribution in [0.25, 0.3) is 11.1 Å². The molecule has 3 saturated heterocycles. The van der Waals surface area contributed by atoms with Gasteiger partial charge < -0.3 is 23.8 Å². The molecule has 50 heavy (non-hydrogen) atoms. The highest BCUT2D eigenvalue weighted by molar-refractivity contribution is 6.05. The van der Waals surface area contributed by atoms with Crippen molar-refractivity contribution in [2.75, 3.05) is 45.3 Å². The van der Waals surface area contributed by atoms with Gasteiger partial charge in [0.15, 0.2) is 0 Å². The van der Waals surface area contributed by atoms with Crippen molar-refractivity contribution >= 4 is 23.4 Å². The molecule has 3 aromatic rings. The molecule has 0 radical (unpaired) electrons. The lowest BCUT2D eigenvalue weighted by Gasteiger charge is -2.49. The number of likely N-dealkylation sites (tertiary alicyclic amines) is 1. The number of allylic oxidation sites excluding steroid dienone is 1. The van der Waals surface area contributed by atoms with E-state index in [-0.39, 0.29) is 30.2 Å². The van der Waals surface area contributed by atoms with Gasteiger partial charge in [-0.1, -0.05) is 12.1 Å². The molecule has 1 aromatic heterocycles. The standard InChI is InChI=1S/C37H39F2N5O6/c1-4-10-42-16-24(12-27(33(38)39)35(42)47)23-13-30(49-2)28(31(14-23)50-3)18-41-11-9-37(19-41)20-43(21-37)25-6-5-22-17-44(36(48)26(22)15-25)29-7-8-32(45)40-34(29)46/h4-6,12-16,29,33H,1,7-11,17-21H2,2-3H3,(H,40,45,46). The number of amides is 3. The van der Waals surface area contributed by atoms with E-state index < -0.39 is 29.5 Å². The van der Waals surface area contributed by atoms with E-state index in [9.17, 15) is 28.0 Å². The van der Waals surface area contributed by atoms with Crippen molar-refractivity contribution in [1.29, 1.82) is 0 Å². The van der Waals surface area contributed by atoms with Crippen molar-refractivity contribution in [1.82, 2.24) is 19.7 Å². The molecule has 1 N–H and O–H groups in total. The summed E-state index contributed by atoms with van der Waals surface area (Å²) in [5, 5.41) is 2.35. The second kappa shape index (κ2) is 13.0. The molecule has 262 valence electrons. The lowest BCUT2D eigenvalue weighted by Crippen LogP contribution is -2.57. The van der Waals surface area contributed by atoms with Crippen LogP contribution >= 0.6 is 0 Å². The Labute approximate surface area is 288 Å². The van der Waals surface area contributed by atoms with Gasteiger partial charge in [-0.3, -0.25) is 29.4 Å². The molecule has 1 unspecified atom stereocenters. The number of nitrogens with zero attached hydrogens (tertiary/aromatic N) is 4. The van der Waals surface area contributed by atoms with Crippen molar-refractivity contribution in [3.63, 3.8) is 0 Å². The summed E-state index contributed by atoms with van der Waals surface area (Å²) in [6.45, 7) is 8.06. The van der Waals surface area contributed by atoms with Crippen molar-refractivity contribution in [2.24, 2.45) is 5.41 Å². The third-order valence-electron chi connectivity index (χ3n) is 10.4. The fourth-order valence-electron chi connectivity index (χ4n) is 7.88. The van der Waals surface area contributed by atoms with E-state index in [1.807, 2.05) is 18.2 Å². The van der Waals surface area contributed by atoms with E-state index in [1.165, 1.54) is 16.7 Å². The van der Waals surface area contributed by atoms with Gasteiger partial charge in [0, 0.05) is 68.6 Å². The molecular weight excluding hydrogens is 648 g/mol. The van der Waals surface area contributed by atoms with E-state index in [2.05, 4.69) is 21.7 Å². The van der Waals surface area contributed by atoms with E-state index in [4.69, 9.17) is 9.47 Å². The van der Waals surface area contributed by atoms with Crippen molar-refractivity contribution in [2.45, 2.75) is 51.4 Å². The van der Waals surface area contributed by atoms with Gasteiger partial charge in [-0.05, 0) is 66.4 Å². The molecule has 2 aromatic carbocycles. The summed E-state index contributed by atoms with van der Waals surface area (Å²) in [4.78, 5) is 56.1. The van der Waals surface area contributed by atoms with Crippen LogP contribution in [0, 0.1) is 5.41 Å². The van der Waals surface area contributed by atoms with Crippen LogP contribution in [-0.2, 0) is 29.2 Å². The number of imide groups is 1. The number of anilines is 1.